The minimum Gasteiger partial charge on any atom is -0.370 e. The van der Waals surface area contributed by atoms with Crippen LogP contribution in [0.25, 0.3) is 0 Å². The van der Waals surface area contributed by atoms with Gasteiger partial charge in [-0.3, -0.25) is 9.79 Å². The first-order valence-corrected chi connectivity index (χ1v) is 10.6. The predicted octanol–water partition coefficient (Wildman–Crippen LogP) is 3.90. The second-order valence-corrected chi connectivity index (χ2v) is 7.49. The number of amides is 1. The normalized spacial score (nSPS) is 13.9. The van der Waals surface area contributed by atoms with E-state index in [1.165, 1.54) is 22.3 Å². The predicted molar refractivity (Wildman–Crippen MR) is 120 cm³/mol. The molecule has 5 heteroatoms. The smallest absolute Gasteiger partial charge is 0.222 e. The van der Waals surface area contributed by atoms with Crippen LogP contribution in [0.15, 0.2) is 47.5 Å². The van der Waals surface area contributed by atoms with Crippen molar-refractivity contribution in [2.45, 2.75) is 52.5 Å². The molecule has 2 aromatic carbocycles. The summed E-state index contributed by atoms with van der Waals surface area (Å²) in [4.78, 5) is 18.9. The van der Waals surface area contributed by atoms with Gasteiger partial charge in [-0.25, -0.2) is 0 Å². The maximum absolute atomic E-state index is 12.5. The molecule has 5 nitrogen and oxygen atoms in total. The van der Waals surface area contributed by atoms with Crippen LogP contribution in [0.2, 0.25) is 0 Å². The molecule has 1 aliphatic heterocycles. The molecule has 0 fully saturated rings. The van der Waals surface area contributed by atoms with Crippen molar-refractivity contribution in [1.82, 2.24) is 4.90 Å². The lowest BCUT2D eigenvalue weighted by Crippen LogP contribution is -2.35. The number of nitrogens with two attached hydrogens (primary N) is 1. The third-order valence-electron chi connectivity index (χ3n) is 5.57. The maximum atomic E-state index is 12.5. The highest BCUT2D eigenvalue weighted by atomic mass is 16.2. The van der Waals surface area contributed by atoms with Gasteiger partial charge < -0.3 is 16.0 Å². The molecule has 154 valence electrons. The third-order valence-corrected chi connectivity index (χ3v) is 5.57. The van der Waals surface area contributed by atoms with Crippen LogP contribution in [-0.4, -0.2) is 29.9 Å². The summed E-state index contributed by atoms with van der Waals surface area (Å²) >= 11 is 0. The van der Waals surface area contributed by atoms with Crippen molar-refractivity contribution in [2.24, 2.45) is 10.7 Å². The number of hydrogen-bond donors (Lipinski definition) is 2. The highest BCUT2D eigenvalue weighted by Gasteiger charge is 2.19. The zero-order valence-electron chi connectivity index (χ0n) is 17.6. The fraction of sp³-hybridized carbons (Fsp3) is 0.417. The summed E-state index contributed by atoms with van der Waals surface area (Å²) in [6.45, 7) is 6.34. The van der Waals surface area contributed by atoms with E-state index in [0.29, 0.717) is 25.3 Å². The highest BCUT2D eigenvalue weighted by molar-refractivity contribution is 5.93. The number of nitrogens with one attached hydrogen (secondary N) is 1. The van der Waals surface area contributed by atoms with E-state index < -0.39 is 0 Å². The van der Waals surface area contributed by atoms with E-state index >= 15 is 0 Å². The lowest BCUT2D eigenvalue weighted by molar-refractivity contribution is -0.132. The zero-order chi connectivity index (χ0) is 20.6. The molecule has 0 bridgehead atoms. The van der Waals surface area contributed by atoms with Crippen molar-refractivity contribution in [2.75, 3.05) is 18.4 Å². The van der Waals surface area contributed by atoms with E-state index in [9.17, 15) is 4.79 Å². The molecule has 1 heterocycles. The van der Waals surface area contributed by atoms with Gasteiger partial charge in [-0.05, 0) is 47.9 Å². The van der Waals surface area contributed by atoms with Crippen molar-refractivity contribution in [3.8, 4) is 0 Å². The number of fused-ring (bicyclic) bond motifs is 1. The van der Waals surface area contributed by atoms with Gasteiger partial charge >= 0.3 is 0 Å². The Bertz CT molecular complexity index is 853. The molecular weight excluding hydrogens is 360 g/mol. The van der Waals surface area contributed by atoms with Crippen LogP contribution in [0, 0.1) is 0 Å². The summed E-state index contributed by atoms with van der Waals surface area (Å²) < 4.78 is 0. The zero-order valence-corrected chi connectivity index (χ0v) is 17.6. The number of guanidine groups is 1. The number of carbonyl (C=O) groups excluding carboxylic acids is 1. The quantitative estimate of drug-likeness (QED) is 0.426. The van der Waals surface area contributed by atoms with E-state index in [2.05, 4.69) is 60.6 Å². The molecule has 0 unspecified atom stereocenters. The van der Waals surface area contributed by atoms with Gasteiger partial charge in [0.05, 0.1) is 0 Å². The van der Waals surface area contributed by atoms with Gasteiger partial charge in [0.2, 0.25) is 5.91 Å². The molecule has 0 atom stereocenters. The topological polar surface area (TPSA) is 70.7 Å². The molecule has 1 aliphatic rings. The molecule has 0 spiro atoms. The van der Waals surface area contributed by atoms with Gasteiger partial charge in [0.1, 0.15) is 0 Å². The second kappa shape index (κ2) is 10.1. The fourth-order valence-electron chi connectivity index (χ4n) is 3.87. The standard InChI is InChI=1S/C24H32N4O/c1-3-18-11-7-12-19(4-2)23(18)27-24(25)26-15-8-13-22(29)28-16-14-20-9-5-6-10-21(20)17-28/h5-7,9-12H,3-4,8,13-17H2,1-2H3,(H3,25,26,27). The number of aryl methyl sites for hydroxylation is 2. The summed E-state index contributed by atoms with van der Waals surface area (Å²) in [5.41, 5.74) is 12.3. The van der Waals surface area contributed by atoms with Crippen LogP contribution in [0.1, 0.15) is 48.9 Å². The monoisotopic (exact) mass is 392 g/mol. The molecule has 0 saturated carbocycles. The Morgan fingerprint density at radius 2 is 1.76 bits per heavy atom. The first-order valence-electron chi connectivity index (χ1n) is 10.6. The van der Waals surface area contributed by atoms with Crippen molar-refractivity contribution < 1.29 is 4.79 Å². The van der Waals surface area contributed by atoms with E-state index in [1.54, 1.807) is 0 Å². The molecule has 0 aliphatic carbocycles. The summed E-state index contributed by atoms with van der Waals surface area (Å²) in [6.07, 6.45) is 4.03. The van der Waals surface area contributed by atoms with Crippen LogP contribution < -0.4 is 11.1 Å². The van der Waals surface area contributed by atoms with Gasteiger partial charge in [0.25, 0.3) is 0 Å². The lowest BCUT2D eigenvalue weighted by Gasteiger charge is -2.28. The summed E-state index contributed by atoms with van der Waals surface area (Å²) in [5, 5.41) is 3.28. The lowest BCUT2D eigenvalue weighted by atomic mass is 9.99. The fourth-order valence-corrected chi connectivity index (χ4v) is 3.87. The third kappa shape index (κ3) is 5.37. The molecule has 1 amide bonds. The molecule has 3 rings (SSSR count). The van der Waals surface area contributed by atoms with Gasteiger partial charge in [-0.2, -0.15) is 0 Å². The van der Waals surface area contributed by atoms with Crippen LogP contribution >= 0.6 is 0 Å². The van der Waals surface area contributed by atoms with E-state index in [0.717, 1.165) is 38.0 Å². The average molecular weight is 393 g/mol. The van der Waals surface area contributed by atoms with Crippen molar-refractivity contribution in [3.63, 3.8) is 0 Å². The molecule has 29 heavy (non-hydrogen) atoms. The number of hydrogen-bond acceptors (Lipinski definition) is 2. The number of anilines is 1. The van der Waals surface area contributed by atoms with Gasteiger partial charge in [0.15, 0.2) is 5.96 Å². The summed E-state index contributed by atoms with van der Waals surface area (Å²) in [7, 11) is 0. The Hall–Kier alpha value is -2.82. The van der Waals surface area contributed by atoms with Crippen molar-refractivity contribution in [3.05, 3.63) is 64.7 Å². The number of aliphatic imine (C=N–C) groups is 1. The molecule has 0 saturated heterocycles. The molecule has 3 N–H and O–H groups in total. The van der Waals surface area contributed by atoms with E-state index in [-0.39, 0.29) is 5.91 Å². The average Bonchev–Trinajstić information content (AvgIpc) is 2.76. The van der Waals surface area contributed by atoms with Crippen LogP contribution in [0.4, 0.5) is 5.69 Å². The SMILES string of the molecule is CCc1cccc(CC)c1NC(N)=NCCCC(=O)N1CCc2ccccc2C1. The maximum Gasteiger partial charge on any atom is 0.222 e. The van der Waals surface area contributed by atoms with Gasteiger partial charge in [-0.1, -0.05) is 56.3 Å². The van der Waals surface area contributed by atoms with Crippen LogP contribution in [-0.2, 0) is 30.6 Å². The Morgan fingerprint density at radius 3 is 2.45 bits per heavy atom. The number of benzene rings is 2. The number of carbonyl (C=O) groups is 1. The van der Waals surface area contributed by atoms with Crippen molar-refractivity contribution >= 4 is 17.6 Å². The number of nitrogens with zero attached hydrogens (tertiary/aromatic N) is 2. The summed E-state index contributed by atoms with van der Waals surface area (Å²) in [6, 6.07) is 14.7. The van der Waals surface area contributed by atoms with Crippen LogP contribution in [0.3, 0.4) is 0 Å². The second-order valence-electron chi connectivity index (χ2n) is 7.49. The molecule has 0 radical (unpaired) electrons. The van der Waals surface area contributed by atoms with Crippen LogP contribution in [0.5, 0.6) is 0 Å². The Morgan fingerprint density at radius 1 is 1.07 bits per heavy atom. The first kappa shape index (κ1) is 20.9. The Kier molecular flexibility index (Phi) is 7.28. The van der Waals surface area contributed by atoms with E-state index in [1.807, 2.05) is 11.0 Å². The number of para-hydroxylation sites is 1. The largest absolute Gasteiger partial charge is 0.370 e. The van der Waals surface area contributed by atoms with Crippen molar-refractivity contribution in [1.29, 1.82) is 0 Å². The van der Waals surface area contributed by atoms with Gasteiger partial charge in [-0.15, -0.1) is 0 Å². The molecule has 0 aromatic heterocycles. The summed E-state index contributed by atoms with van der Waals surface area (Å²) in [5.74, 6) is 0.616. The Balaban J connectivity index is 1.49. The molecule has 2 aromatic rings. The first-order chi connectivity index (χ1) is 14.1. The number of rotatable bonds is 7. The van der Waals surface area contributed by atoms with E-state index in [4.69, 9.17) is 5.73 Å². The minimum absolute atomic E-state index is 0.200. The van der Waals surface area contributed by atoms with Gasteiger partial charge in [0, 0.05) is 31.7 Å². The minimum atomic E-state index is 0.200. The highest BCUT2D eigenvalue weighted by Crippen LogP contribution is 2.22. The Labute approximate surface area is 174 Å². The molecular formula is C24H32N4O.